The third-order valence-corrected chi connectivity index (χ3v) is 6.07. The number of hydrogen-bond acceptors (Lipinski definition) is 5. The first-order valence-corrected chi connectivity index (χ1v) is 10.4. The van der Waals surface area contributed by atoms with Gasteiger partial charge in [-0.05, 0) is 49.6 Å². The van der Waals surface area contributed by atoms with Crippen LogP contribution in [0, 0.1) is 11.3 Å². The quantitative estimate of drug-likeness (QED) is 0.405. The van der Waals surface area contributed by atoms with Crippen LogP contribution in [0.5, 0.6) is 0 Å². The van der Waals surface area contributed by atoms with Crippen LogP contribution in [-0.4, -0.2) is 25.7 Å². The summed E-state index contributed by atoms with van der Waals surface area (Å²) in [4.78, 5) is 14.0. The van der Waals surface area contributed by atoms with E-state index in [1.165, 1.54) is 0 Å². The van der Waals surface area contributed by atoms with E-state index < -0.39 is 6.17 Å². The number of oxazole rings is 1. The molecular weight excluding hydrogens is 393 g/mol. The van der Waals surface area contributed by atoms with Gasteiger partial charge in [-0.1, -0.05) is 12.1 Å². The van der Waals surface area contributed by atoms with Crippen LogP contribution in [0.15, 0.2) is 53.1 Å². The number of pyridine rings is 1. The van der Waals surface area contributed by atoms with Crippen molar-refractivity contribution < 1.29 is 8.81 Å². The van der Waals surface area contributed by atoms with Crippen molar-refractivity contribution in [3.63, 3.8) is 0 Å². The molecule has 1 saturated carbocycles. The van der Waals surface area contributed by atoms with E-state index in [0.717, 1.165) is 45.3 Å². The minimum absolute atomic E-state index is 0.00396. The van der Waals surface area contributed by atoms with Gasteiger partial charge in [-0.2, -0.15) is 5.26 Å². The highest BCUT2D eigenvalue weighted by Gasteiger charge is 2.30. The monoisotopic (exact) mass is 411 g/mol. The largest absolute Gasteiger partial charge is 0.440 e. The molecule has 0 radical (unpaired) electrons. The van der Waals surface area contributed by atoms with E-state index in [1.807, 2.05) is 36.4 Å². The van der Waals surface area contributed by atoms with Crippen LogP contribution in [0.3, 0.4) is 0 Å². The number of fused-ring (bicyclic) bond motifs is 4. The Balaban J connectivity index is 1.57. The zero-order chi connectivity index (χ0) is 20.9. The van der Waals surface area contributed by atoms with E-state index in [9.17, 15) is 9.65 Å². The lowest BCUT2D eigenvalue weighted by Gasteiger charge is -2.17. The van der Waals surface area contributed by atoms with E-state index in [1.54, 1.807) is 12.3 Å². The molecule has 2 aromatic carbocycles. The minimum Gasteiger partial charge on any atom is -0.440 e. The van der Waals surface area contributed by atoms with Gasteiger partial charge in [0.15, 0.2) is 5.58 Å². The lowest BCUT2D eigenvalue weighted by molar-refractivity contribution is 0.330. The molecule has 6 rings (SSSR count). The van der Waals surface area contributed by atoms with E-state index in [-0.39, 0.29) is 6.04 Å². The molecule has 1 aliphatic rings. The second-order valence-electron chi connectivity index (χ2n) is 8.05. The van der Waals surface area contributed by atoms with Crippen LogP contribution >= 0.6 is 0 Å². The molecule has 0 bridgehead atoms. The molecule has 1 aliphatic carbocycles. The van der Waals surface area contributed by atoms with E-state index in [2.05, 4.69) is 20.6 Å². The Kier molecular flexibility index (Phi) is 4.00. The van der Waals surface area contributed by atoms with Crippen molar-refractivity contribution in [1.82, 2.24) is 19.5 Å². The van der Waals surface area contributed by atoms with Gasteiger partial charge in [-0.25, -0.2) is 14.4 Å². The highest BCUT2D eigenvalue weighted by atomic mass is 19.1. The summed E-state index contributed by atoms with van der Waals surface area (Å²) < 4.78 is 22.2. The van der Waals surface area contributed by atoms with E-state index in [0.29, 0.717) is 30.7 Å². The first-order chi connectivity index (χ1) is 15.2. The van der Waals surface area contributed by atoms with Gasteiger partial charge in [-0.3, -0.25) is 4.98 Å². The third kappa shape index (κ3) is 2.95. The lowest BCUT2D eigenvalue weighted by Crippen LogP contribution is -2.11. The summed E-state index contributed by atoms with van der Waals surface area (Å²) in [5, 5.41) is 10.2. The maximum Gasteiger partial charge on any atom is 0.203 e. The van der Waals surface area contributed by atoms with Gasteiger partial charge in [-0.15, -0.1) is 0 Å². The summed E-state index contributed by atoms with van der Waals surface area (Å²) in [6, 6.07) is 15.3. The third-order valence-electron chi connectivity index (χ3n) is 6.07. The van der Waals surface area contributed by atoms with Crippen LogP contribution in [0.2, 0.25) is 0 Å². The van der Waals surface area contributed by atoms with Crippen LogP contribution in [-0.2, 0) is 6.42 Å². The van der Waals surface area contributed by atoms with Gasteiger partial charge in [0.1, 0.15) is 23.0 Å². The minimum atomic E-state index is -0.817. The van der Waals surface area contributed by atoms with Crippen molar-refractivity contribution in [2.75, 3.05) is 0 Å². The van der Waals surface area contributed by atoms with Gasteiger partial charge in [0.25, 0.3) is 0 Å². The van der Waals surface area contributed by atoms with Crippen molar-refractivity contribution in [2.24, 2.45) is 0 Å². The second kappa shape index (κ2) is 6.88. The number of para-hydroxylation sites is 2. The molecule has 5 aromatic rings. The molecule has 3 heterocycles. The zero-order valence-corrected chi connectivity index (χ0v) is 16.6. The Bertz CT molecular complexity index is 1460. The summed E-state index contributed by atoms with van der Waals surface area (Å²) in [5.74, 6) is 1.35. The Morgan fingerprint density at radius 1 is 1.10 bits per heavy atom. The molecule has 31 heavy (non-hydrogen) atoms. The highest BCUT2D eigenvalue weighted by molar-refractivity contribution is 6.03. The number of halogens is 1. The van der Waals surface area contributed by atoms with Gasteiger partial charge in [0, 0.05) is 11.4 Å². The average molecular weight is 411 g/mol. The van der Waals surface area contributed by atoms with Crippen molar-refractivity contribution in [1.29, 1.82) is 5.26 Å². The Labute approximate surface area is 177 Å². The number of alkyl halides is 1. The first kappa shape index (κ1) is 18.0. The fraction of sp³-hybridized carbons (Fsp3) is 0.250. The molecule has 3 aromatic heterocycles. The maximum atomic E-state index is 14.2. The fourth-order valence-electron chi connectivity index (χ4n) is 4.68. The Morgan fingerprint density at radius 2 is 2.00 bits per heavy atom. The fourth-order valence-corrected chi connectivity index (χ4v) is 4.68. The molecule has 0 aliphatic heterocycles. The topological polar surface area (TPSA) is 80.5 Å². The molecule has 6 nitrogen and oxygen atoms in total. The predicted molar refractivity (Wildman–Crippen MR) is 114 cm³/mol. The van der Waals surface area contributed by atoms with E-state index in [4.69, 9.17) is 9.40 Å². The van der Waals surface area contributed by atoms with Gasteiger partial charge in [0.2, 0.25) is 5.89 Å². The summed E-state index contributed by atoms with van der Waals surface area (Å²) in [6.07, 6.45) is 3.07. The first-order valence-electron chi connectivity index (χ1n) is 10.4. The summed E-state index contributed by atoms with van der Waals surface area (Å²) in [6.45, 7) is 0. The Hall–Kier alpha value is -3.79. The lowest BCUT2D eigenvalue weighted by atomic mass is 10.1. The summed E-state index contributed by atoms with van der Waals surface area (Å²) >= 11 is 0. The smallest absolute Gasteiger partial charge is 0.203 e. The summed E-state index contributed by atoms with van der Waals surface area (Å²) in [5.41, 5.74) is 4.51. The maximum absolute atomic E-state index is 14.2. The normalized spacial score (nSPS) is 18.8. The average Bonchev–Trinajstić information content (AvgIpc) is 3.49. The highest BCUT2D eigenvalue weighted by Crippen LogP contribution is 2.38. The van der Waals surface area contributed by atoms with E-state index >= 15 is 0 Å². The summed E-state index contributed by atoms with van der Waals surface area (Å²) in [7, 11) is 0. The van der Waals surface area contributed by atoms with Gasteiger partial charge < -0.3 is 8.98 Å². The molecule has 152 valence electrons. The van der Waals surface area contributed by atoms with Gasteiger partial charge in [0.05, 0.1) is 35.3 Å². The molecule has 0 N–H and O–H groups in total. The van der Waals surface area contributed by atoms with Crippen molar-refractivity contribution in [2.45, 2.75) is 37.9 Å². The SMILES string of the molecule is N#Cc1ccc2ncc3nc(Cc4nc5ccccc5o4)n(C4CCC(F)C4)c3c2c1. The van der Waals surface area contributed by atoms with Crippen molar-refractivity contribution in [3.05, 3.63) is 65.9 Å². The number of benzene rings is 2. The van der Waals surface area contributed by atoms with Crippen molar-refractivity contribution >= 4 is 33.0 Å². The van der Waals surface area contributed by atoms with Crippen LogP contribution in [0.25, 0.3) is 33.0 Å². The van der Waals surface area contributed by atoms with Gasteiger partial charge >= 0.3 is 0 Å². The zero-order valence-electron chi connectivity index (χ0n) is 16.6. The van der Waals surface area contributed by atoms with Crippen LogP contribution in [0.4, 0.5) is 4.39 Å². The number of imidazole rings is 1. The Morgan fingerprint density at radius 3 is 2.81 bits per heavy atom. The molecule has 2 atom stereocenters. The molecule has 0 amide bonds. The second-order valence-corrected chi connectivity index (χ2v) is 8.05. The molecule has 7 heteroatoms. The molecule has 0 saturated heterocycles. The van der Waals surface area contributed by atoms with Crippen molar-refractivity contribution in [3.8, 4) is 6.07 Å². The predicted octanol–water partition coefficient (Wildman–Crippen LogP) is 5.25. The number of rotatable bonds is 3. The molecule has 1 fully saturated rings. The number of hydrogen-bond donors (Lipinski definition) is 0. The molecule has 0 spiro atoms. The van der Waals surface area contributed by atoms with Crippen LogP contribution < -0.4 is 0 Å². The number of nitriles is 1. The van der Waals surface area contributed by atoms with Crippen LogP contribution in [0.1, 0.15) is 42.6 Å². The number of aromatic nitrogens is 4. The standard InChI is InChI=1S/C24H18FN5O/c25-15-6-7-16(10-15)30-22(11-23-29-19-3-1-2-4-21(19)31-23)28-20-13-27-18-8-5-14(12-26)9-17(18)24(20)30/h1-5,8-9,13,15-16H,6-7,10-11H2. The molecular formula is C24H18FN5O. The molecule has 2 unspecified atom stereocenters. The number of nitrogens with zero attached hydrogens (tertiary/aromatic N) is 5.